The monoisotopic (exact) mass is 275 g/mol. The highest BCUT2D eigenvalue weighted by Gasteiger charge is 2.33. The lowest BCUT2D eigenvalue weighted by Gasteiger charge is -2.23. The van der Waals surface area contributed by atoms with Gasteiger partial charge in [-0.1, -0.05) is 6.92 Å². The standard InChI is InChI=1S/C13H20F3N3/c1-4-10(2)19(3)9-8-18-12-11(13(14,15)16)6-5-7-17-12/h5-7,10H,4,8-9H2,1-3H3,(H,17,18). The van der Waals surface area contributed by atoms with Crippen LogP contribution in [0.4, 0.5) is 19.0 Å². The minimum atomic E-state index is -4.38. The van der Waals surface area contributed by atoms with Crippen LogP contribution in [0.5, 0.6) is 0 Å². The molecule has 1 atom stereocenters. The molecule has 1 aromatic heterocycles. The van der Waals surface area contributed by atoms with Crippen LogP contribution in [0.3, 0.4) is 0 Å². The molecular formula is C13H20F3N3. The van der Waals surface area contributed by atoms with Crippen molar-refractivity contribution in [1.29, 1.82) is 0 Å². The first kappa shape index (κ1) is 15.8. The first-order valence-corrected chi connectivity index (χ1v) is 6.32. The number of aromatic nitrogens is 1. The van der Waals surface area contributed by atoms with Crippen LogP contribution in [0.15, 0.2) is 18.3 Å². The molecule has 0 fully saturated rings. The number of nitrogens with one attached hydrogen (secondary N) is 1. The van der Waals surface area contributed by atoms with Gasteiger partial charge in [0, 0.05) is 25.3 Å². The van der Waals surface area contributed by atoms with Crippen LogP contribution >= 0.6 is 0 Å². The molecule has 0 spiro atoms. The zero-order chi connectivity index (χ0) is 14.5. The first-order chi connectivity index (χ1) is 8.86. The quantitative estimate of drug-likeness (QED) is 0.864. The molecule has 0 aromatic carbocycles. The van der Waals surface area contributed by atoms with Crippen molar-refractivity contribution in [2.24, 2.45) is 0 Å². The van der Waals surface area contributed by atoms with E-state index in [2.05, 4.69) is 29.0 Å². The molecule has 1 N–H and O–H groups in total. The third-order valence-corrected chi connectivity index (χ3v) is 3.21. The lowest BCUT2D eigenvalue weighted by molar-refractivity contribution is -0.137. The summed E-state index contributed by atoms with van der Waals surface area (Å²) in [5.41, 5.74) is -0.721. The van der Waals surface area contributed by atoms with E-state index in [1.165, 1.54) is 12.3 Å². The third kappa shape index (κ3) is 4.70. The van der Waals surface area contributed by atoms with E-state index in [1.807, 2.05) is 7.05 Å². The summed E-state index contributed by atoms with van der Waals surface area (Å²) in [5, 5.41) is 2.76. The Morgan fingerprint density at radius 1 is 1.42 bits per heavy atom. The second-order valence-corrected chi connectivity index (χ2v) is 4.56. The maximum Gasteiger partial charge on any atom is 0.419 e. The van der Waals surface area contributed by atoms with E-state index in [0.29, 0.717) is 19.1 Å². The molecule has 1 unspecified atom stereocenters. The minimum absolute atomic E-state index is 0.104. The lowest BCUT2D eigenvalue weighted by atomic mass is 10.2. The summed E-state index contributed by atoms with van der Waals surface area (Å²) in [4.78, 5) is 5.86. The van der Waals surface area contributed by atoms with Crippen LogP contribution in [0.2, 0.25) is 0 Å². The molecule has 0 saturated carbocycles. The summed E-state index contributed by atoms with van der Waals surface area (Å²) >= 11 is 0. The average molecular weight is 275 g/mol. The summed E-state index contributed by atoms with van der Waals surface area (Å²) in [7, 11) is 1.96. The minimum Gasteiger partial charge on any atom is -0.368 e. The van der Waals surface area contributed by atoms with E-state index in [4.69, 9.17) is 0 Å². The summed E-state index contributed by atoms with van der Waals surface area (Å²) in [6, 6.07) is 2.74. The van der Waals surface area contributed by atoms with E-state index in [9.17, 15) is 13.2 Å². The van der Waals surface area contributed by atoms with Gasteiger partial charge >= 0.3 is 6.18 Å². The normalized spacial score (nSPS) is 13.6. The Balaban J connectivity index is 2.59. The number of halogens is 3. The second-order valence-electron chi connectivity index (χ2n) is 4.56. The molecule has 19 heavy (non-hydrogen) atoms. The second kappa shape index (κ2) is 6.75. The van der Waals surface area contributed by atoms with Crippen LogP contribution in [0, 0.1) is 0 Å². The Morgan fingerprint density at radius 3 is 2.68 bits per heavy atom. The molecule has 1 rings (SSSR count). The van der Waals surface area contributed by atoms with Gasteiger partial charge < -0.3 is 10.2 Å². The smallest absolute Gasteiger partial charge is 0.368 e. The Morgan fingerprint density at radius 2 is 2.11 bits per heavy atom. The molecule has 0 aliphatic carbocycles. The van der Waals surface area contributed by atoms with E-state index in [1.54, 1.807) is 0 Å². The van der Waals surface area contributed by atoms with Crippen molar-refractivity contribution in [2.45, 2.75) is 32.5 Å². The SMILES string of the molecule is CCC(C)N(C)CCNc1ncccc1C(F)(F)F. The van der Waals surface area contributed by atoms with Gasteiger partial charge in [-0.25, -0.2) is 4.98 Å². The molecule has 0 radical (unpaired) electrons. The highest BCUT2D eigenvalue weighted by Crippen LogP contribution is 2.33. The van der Waals surface area contributed by atoms with Crippen LogP contribution in [-0.2, 0) is 6.18 Å². The first-order valence-electron chi connectivity index (χ1n) is 6.32. The molecule has 0 bridgehead atoms. The van der Waals surface area contributed by atoms with Gasteiger partial charge in [-0.05, 0) is 32.5 Å². The van der Waals surface area contributed by atoms with E-state index < -0.39 is 11.7 Å². The van der Waals surface area contributed by atoms with Gasteiger partial charge in [0.05, 0.1) is 5.56 Å². The van der Waals surface area contributed by atoms with Gasteiger partial charge in [0.15, 0.2) is 0 Å². The fraction of sp³-hybridized carbons (Fsp3) is 0.615. The topological polar surface area (TPSA) is 28.2 Å². The highest BCUT2D eigenvalue weighted by atomic mass is 19.4. The molecule has 0 aliphatic heterocycles. The Labute approximate surface area is 111 Å². The van der Waals surface area contributed by atoms with Crippen molar-refractivity contribution in [3.63, 3.8) is 0 Å². The van der Waals surface area contributed by atoms with Gasteiger partial charge in [-0.2, -0.15) is 13.2 Å². The van der Waals surface area contributed by atoms with Gasteiger partial charge in [0.2, 0.25) is 0 Å². The molecule has 0 saturated heterocycles. The van der Waals surface area contributed by atoms with Crippen LogP contribution in [0.1, 0.15) is 25.8 Å². The van der Waals surface area contributed by atoms with E-state index in [0.717, 1.165) is 12.5 Å². The average Bonchev–Trinajstić information content (AvgIpc) is 2.37. The maximum atomic E-state index is 12.7. The molecule has 108 valence electrons. The summed E-state index contributed by atoms with van der Waals surface area (Å²) in [5.74, 6) is -0.104. The molecule has 3 nitrogen and oxygen atoms in total. The largest absolute Gasteiger partial charge is 0.419 e. The summed E-state index contributed by atoms with van der Waals surface area (Å²) < 4.78 is 38.2. The molecule has 1 aromatic rings. The number of likely N-dealkylation sites (N-methyl/N-ethyl adjacent to an activating group) is 1. The van der Waals surface area contributed by atoms with Crippen molar-refractivity contribution in [3.8, 4) is 0 Å². The van der Waals surface area contributed by atoms with Gasteiger partial charge in [-0.15, -0.1) is 0 Å². The van der Waals surface area contributed by atoms with Gasteiger partial charge in [0.25, 0.3) is 0 Å². The Hall–Kier alpha value is -1.30. The Kier molecular flexibility index (Phi) is 5.60. The molecule has 6 heteroatoms. The van der Waals surface area contributed by atoms with Crippen molar-refractivity contribution < 1.29 is 13.2 Å². The molecule has 0 aliphatic rings. The van der Waals surface area contributed by atoms with E-state index in [-0.39, 0.29) is 5.82 Å². The number of alkyl halides is 3. The third-order valence-electron chi connectivity index (χ3n) is 3.21. The molecule has 0 amide bonds. The summed E-state index contributed by atoms with van der Waals surface area (Å²) in [6.07, 6.45) is -2.01. The number of anilines is 1. The van der Waals surface area contributed by atoms with Crippen LogP contribution in [-0.4, -0.2) is 36.1 Å². The zero-order valence-electron chi connectivity index (χ0n) is 11.5. The predicted molar refractivity (Wildman–Crippen MR) is 70.1 cm³/mol. The van der Waals surface area contributed by atoms with E-state index >= 15 is 0 Å². The van der Waals surface area contributed by atoms with Gasteiger partial charge in [0.1, 0.15) is 5.82 Å². The fourth-order valence-electron chi connectivity index (χ4n) is 1.66. The van der Waals surface area contributed by atoms with Crippen molar-refractivity contribution in [2.75, 3.05) is 25.5 Å². The zero-order valence-corrected chi connectivity index (χ0v) is 11.5. The molecule has 1 heterocycles. The van der Waals surface area contributed by atoms with Crippen molar-refractivity contribution >= 4 is 5.82 Å². The number of nitrogens with zero attached hydrogens (tertiary/aromatic N) is 2. The van der Waals surface area contributed by atoms with Crippen LogP contribution < -0.4 is 5.32 Å². The number of hydrogen-bond acceptors (Lipinski definition) is 3. The fourth-order valence-corrected chi connectivity index (χ4v) is 1.66. The number of pyridine rings is 1. The van der Waals surface area contributed by atoms with Crippen LogP contribution in [0.25, 0.3) is 0 Å². The molecular weight excluding hydrogens is 255 g/mol. The van der Waals surface area contributed by atoms with Gasteiger partial charge in [-0.3, -0.25) is 0 Å². The van der Waals surface area contributed by atoms with Crippen molar-refractivity contribution in [1.82, 2.24) is 9.88 Å². The highest BCUT2D eigenvalue weighted by molar-refractivity contribution is 5.45. The Bertz CT molecular complexity index is 393. The lowest BCUT2D eigenvalue weighted by Crippen LogP contribution is -2.33. The maximum absolute atomic E-state index is 12.7. The predicted octanol–water partition coefficient (Wildman–Crippen LogP) is 3.24. The van der Waals surface area contributed by atoms with Crippen molar-refractivity contribution in [3.05, 3.63) is 23.9 Å². The summed E-state index contributed by atoms with van der Waals surface area (Å²) in [6.45, 7) is 5.26. The number of hydrogen-bond donors (Lipinski definition) is 1. The number of rotatable bonds is 6.